The number of benzene rings is 1. The Morgan fingerprint density at radius 2 is 1.94 bits per heavy atom. The standard InChI is InChI=1S/C12H13NO4/c1-8(14)9-3-2-4-10(7-9)13-11(15)5-6-12(16)17/h2-4,7H,5-6H2,1H3,(H,13,15)(H,16,17)/p-1. The van der Waals surface area contributed by atoms with Crippen molar-refractivity contribution in [3.8, 4) is 0 Å². The second-order valence-corrected chi connectivity index (χ2v) is 3.56. The second kappa shape index (κ2) is 5.79. The minimum absolute atomic E-state index is 0.101. The maximum atomic E-state index is 11.3. The normalized spacial score (nSPS) is 9.71. The van der Waals surface area contributed by atoms with E-state index in [9.17, 15) is 19.5 Å². The third kappa shape index (κ3) is 4.46. The first-order valence-electron chi connectivity index (χ1n) is 5.09. The average molecular weight is 234 g/mol. The van der Waals surface area contributed by atoms with Crippen LogP contribution >= 0.6 is 0 Å². The molecule has 1 rings (SSSR count). The molecule has 0 heterocycles. The highest BCUT2D eigenvalue weighted by Crippen LogP contribution is 2.11. The molecule has 0 saturated heterocycles. The maximum absolute atomic E-state index is 11.3. The van der Waals surface area contributed by atoms with E-state index < -0.39 is 11.9 Å². The molecule has 17 heavy (non-hydrogen) atoms. The minimum Gasteiger partial charge on any atom is -0.550 e. The van der Waals surface area contributed by atoms with Crippen LogP contribution in [0.5, 0.6) is 0 Å². The monoisotopic (exact) mass is 234 g/mol. The molecule has 0 radical (unpaired) electrons. The van der Waals surface area contributed by atoms with Crippen LogP contribution in [0.1, 0.15) is 30.1 Å². The van der Waals surface area contributed by atoms with Gasteiger partial charge in [-0.2, -0.15) is 0 Å². The van der Waals surface area contributed by atoms with E-state index >= 15 is 0 Å². The Morgan fingerprint density at radius 1 is 1.24 bits per heavy atom. The molecule has 0 saturated carbocycles. The van der Waals surface area contributed by atoms with Crippen LogP contribution in [0.3, 0.4) is 0 Å². The molecule has 0 atom stereocenters. The van der Waals surface area contributed by atoms with Crippen molar-refractivity contribution in [1.82, 2.24) is 0 Å². The Balaban J connectivity index is 2.62. The molecule has 0 bridgehead atoms. The first-order chi connectivity index (χ1) is 7.99. The van der Waals surface area contributed by atoms with Gasteiger partial charge in [-0.05, 0) is 25.5 Å². The van der Waals surface area contributed by atoms with Crippen LogP contribution in [0.25, 0.3) is 0 Å². The lowest BCUT2D eigenvalue weighted by atomic mass is 10.1. The number of aliphatic carboxylic acids is 1. The Morgan fingerprint density at radius 3 is 2.53 bits per heavy atom. The molecule has 0 aliphatic carbocycles. The third-order valence-corrected chi connectivity index (χ3v) is 2.11. The van der Waals surface area contributed by atoms with E-state index in [0.717, 1.165) is 0 Å². The number of carbonyl (C=O) groups excluding carboxylic acids is 3. The number of ketones is 1. The predicted octanol–water partition coefficient (Wildman–Crippen LogP) is 0.358. The van der Waals surface area contributed by atoms with Gasteiger partial charge in [-0.3, -0.25) is 9.59 Å². The molecule has 5 heteroatoms. The highest BCUT2D eigenvalue weighted by molar-refractivity contribution is 5.97. The molecule has 0 aromatic heterocycles. The van der Waals surface area contributed by atoms with Crippen LogP contribution in [0, 0.1) is 0 Å². The number of carbonyl (C=O) groups is 3. The summed E-state index contributed by atoms with van der Waals surface area (Å²) in [4.78, 5) is 32.6. The molecule has 90 valence electrons. The van der Waals surface area contributed by atoms with E-state index in [1.54, 1.807) is 24.3 Å². The quantitative estimate of drug-likeness (QED) is 0.745. The number of carboxylic acids is 1. The van der Waals surface area contributed by atoms with Crippen molar-refractivity contribution in [3.63, 3.8) is 0 Å². The number of carboxylic acid groups (broad SMARTS) is 1. The summed E-state index contributed by atoms with van der Waals surface area (Å²) in [7, 11) is 0. The number of hydrogen-bond donors (Lipinski definition) is 1. The summed E-state index contributed by atoms with van der Waals surface area (Å²) in [6.07, 6.45) is -0.467. The highest BCUT2D eigenvalue weighted by atomic mass is 16.4. The van der Waals surface area contributed by atoms with Gasteiger partial charge in [-0.25, -0.2) is 0 Å². The summed E-state index contributed by atoms with van der Waals surface area (Å²) in [5, 5.41) is 12.7. The molecule has 0 aliphatic heterocycles. The number of hydrogen-bond acceptors (Lipinski definition) is 4. The summed E-state index contributed by atoms with van der Waals surface area (Å²) >= 11 is 0. The molecule has 0 unspecified atom stereocenters. The molecule has 1 amide bonds. The number of nitrogens with one attached hydrogen (secondary N) is 1. The molecule has 1 N–H and O–H groups in total. The number of rotatable bonds is 5. The Kier molecular flexibility index (Phi) is 4.39. The lowest BCUT2D eigenvalue weighted by Crippen LogP contribution is -2.24. The molecule has 0 spiro atoms. The van der Waals surface area contributed by atoms with Crippen LogP contribution < -0.4 is 10.4 Å². The van der Waals surface area contributed by atoms with Gasteiger partial charge in [0.05, 0.1) is 0 Å². The second-order valence-electron chi connectivity index (χ2n) is 3.56. The molecular weight excluding hydrogens is 222 g/mol. The Labute approximate surface area is 98.4 Å². The highest BCUT2D eigenvalue weighted by Gasteiger charge is 2.04. The molecule has 0 fully saturated rings. The Hall–Kier alpha value is -2.17. The van der Waals surface area contributed by atoms with Gasteiger partial charge in [0.2, 0.25) is 5.91 Å². The van der Waals surface area contributed by atoms with Crippen molar-refractivity contribution in [2.24, 2.45) is 0 Å². The van der Waals surface area contributed by atoms with Crippen molar-refractivity contribution in [1.29, 1.82) is 0 Å². The van der Waals surface area contributed by atoms with Gasteiger partial charge in [0.15, 0.2) is 5.78 Å². The van der Waals surface area contributed by atoms with Crippen LogP contribution in [-0.2, 0) is 9.59 Å². The van der Waals surface area contributed by atoms with E-state index in [0.29, 0.717) is 11.3 Å². The van der Waals surface area contributed by atoms with E-state index in [1.165, 1.54) is 6.92 Å². The molecule has 1 aromatic carbocycles. The number of anilines is 1. The lowest BCUT2D eigenvalue weighted by Gasteiger charge is -2.06. The van der Waals surface area contributed by atoms with E-state index in [2.05, 4.69) is 5.32 Å². The van der Waals surface area contributed by atoms with Crippen molar-refractivity contribution < 1.29 is 19.5 Å². The summed E-state index contributed by atoms with van der Waals surface area (Å²) < 4.78 is 0. The zero-order valence-corrected chi connectivity index (χ0v) is 9.36. The fraction of sp³-hybridized carbons (Fsp3) is 0.250. The Bertz CT molecular complexity index is 454. The number of Topliss-reactive ketones (excluding diaryl/α,β-unsaturated/α-hetero) is 1. The minimum atomic E-state index is -1.27. The van der Waals surface area contributed by atoms with Crippen LogP contribution in [0.15, 0.2) is 24.3 Å². The molecule has 1 aromatic rings. The van der Waals surface area contributed by atoms with Crippen molar-refractivity contribution in [3.05, 3.63) is 29.8 Å². The van der Waals surface area contributed by atoms with Gasteiger partial charge in [0, 0.05) is 23.6 Å². The fourth-order valence-electron chi connectivity index (χ4n) is 1.26. The van der Waals surface area contributed by atoms with Crippen LogP contribution in [-0.4, -0.2) is 17.7 Å². The van der Waals surface area contributed by atoms with E-state index in [4.69, 9.17) is 0 Å². The summed E-state index contributed by atoms with van der Waals surface area (Å²) in [6, 6.07) is 6.45. The zero-order chi connectivity index (χ0) is 12.8. The smallest absolute Gasteiger partial charge is 0.224 e. The van der Waals surface area contributed by atoms with Gasteiger partial charge < -0.3 is 15.2 Å². The fourth-order valence-corrected chi connectivity index (χ4v) is 1.26. The molecule has 5 nitrogen and oxygen atoms in total. The van der Waals surface area contributed by atoms with Crippen molar-refractivity contribution in [2.75, 3.05) is 5.32 Å². The van der Waals surface area contributed by atoms with E-state index in [-0.39, 0.29) is 18.6 Å². The van der Waals surface area contributed by atoms with Gasteiger partial charge in [0.1, 0.15) is 0 Å². The van der Waals surface area contributed by atoms with Gasteiger partial charge in [-0.1, -0.05) is 12.1 Å². The largest absolute Gasteiger partial charge is 0.550 e. The SMILES string of the molecule is CC(=O)c1cccc(NC(=O)CCC(=O)[O-])c1. The van der Waals surface area contributed by atoms with Crippen molar-refractivity contribution >= 4 is 23.3 Å². The molecule has 0 aliphatic rings. The lowest BCUT2D eigenvalue weighted by molar-refractivity contribution is -0.305. The zero-order valence-electron chi connectivity index (χ0n) is 9.36. The van der Waals surface area contributed by atoms with Gasteiger partial charge in [-0.15, -0.1) is 0 Å². The van der Waals surface area contributed by atoms with Gasteiger partial charge in [0.25, 0.3) is 0 Å². The van der Waals surface area contributed by atoms with E-state index in [1.807, 2.05) is 0 Å². The van der Waals surface area contributed by atoms with Crippen LogP contribution in [0.4, 0.5) is 5.69 Å². The van der Waals surface area contributed by atoms with Crippen LogP contribution in [0.2, 0.25) is 0 Å². The first kappa shape index (κ1) is 12.9. The third-order valence-electron chi connectivity index (χ3n) is 2.11. The average Bonchev–Trinajstić information content (AvgIpc) is 2.26. The number of amides is 1. The van der Waals surface area contributed by atoms with Crippen molar-refractivity contribution in [2.45, 2.75) is 19.8 Å². The molecular formula is C12H12NO4-. The topological polar surface area (TPSA) is 86.3 Å². The summed E-state index contributed by atoms with van der Waals surface area (Å²) in [5.74, 6) is -1.79. The van der Waals surface area contributed by atoms with Gasteiger partial charge >= 0.3 is 0 Å². The summed E-state index contributed by atoms with van der Waals surface area (Å²) in [6.45, 7) is 1.43. The first-order valence-corrected chi connectivity index (χ1v) is 5.09. The maximum Gasteiger partial charge on any atom is 0.224 e. The summed E-state index contributed by atoms with van der Waals surface area (Å²) in [5.41, 5.74) is 0.962. The predicted molar refractivity (Wildman–Crippen MR) is 59.3 cm³/mol.